The number of aliphatic hydroxyl groups is 1. The van der Waals surface area contributed by atoms with E-state index in [-0.39, 0.29) is 5.91 Å². The maximum Gasteiger partial charge on any atom is 0.235 e. The topological polar surface area (TPSA) is 61.4 Å². The highest BCUT2D eigenvalue weighted by atomic mass is 16.3. The first-order valence-corrected chi connectivity index (χ1v) is 8.51. The van der Waals surface area contributed by atoms with Crippen molar-refractivity contribution in [3.63, 3.8) is 0 Å². The Kier molecular flexibility index (Phi) is 7.63. The zero-order chi connectivity index (χ0) is 18.8. The molecule has 0 aliphatic rings. The lowest BCUT2D eigenvalue weighted by Crippen LogP contribution is -2.32. The molecule has 4 heteroatoms. The van der Waals surface area contributed by atoms with Gasteiger partial charge in [-0.25, -0.2) is 0 Å². The molecule has 0 saturated carbocycles. The highest BCUT2D eigenvalue weighted by molar-refractivity contribution is 5.87. The molecule has 26 heavy (non-hydrogen) atoms. The molecular weight excluding hydrogens is 324 g/mol. The number of benzene rings is 2. The average Bonchev–Trinajstić information content (AvgIpc) is 2.68. The third kappa shape index (κ3) is 5.59. The molecule has 134 valence electrons. The van der Waals surface area contributed by atoms with Crippen LogP contribution in [0, 0.1) is 11.8 Å². The van der Waals surface area contributed by atoms with Gasteiger partial charge in [-0.1, -0.05) is 66.6 Å². The van der Waals surface area contributed by atoms with Gasteiger partial charge in [0.25, 0.3) is 0 Å². The summed E-state index contributed by atoms with van der Waals surface area (Å²) in [6.45, 7) is 3.87. The van der Waals surface area contributed by atoms with Crippen LogP contribution in [0.2, 0.25) is 0 Å². The van der Waals surface area contributed by atoms with Crippen molar-refractivity contribution in [3.05, 3.63) is 83.6 Å². The number of carbonyl (C=O) groups is 1. The summed E-state index contributed by atoms with van der Waals surface area (Å²) in [7, 11) is 0. The second-order valence-corrected chi connectivity index (χ2v) is 5.86. The van der Waals surface area contributed by atoms with E-state index in [0.29, 0.717) is 12.1 Å². The molecule has 0 aliphatic heterocycles. The Morgan fingerprint density at radius 2 is 1.62 bits per heavy atom. The molecule has 0 aromatic heterocycles. The smallest absolute Gasteiger partial charge is 0.235 e. The number of hydrogen-bond acceptors (Lipinski definition) is 3. The lowest BCUT2D eigenvalue weighted by molar-refractivity contribution is -0.120. The molecule has 0 fully saturated rings. The van der Waals surface area contributed by atoms with Crippen LogP contribution in [0.15, 0.2) is 72.4 Å². The average molecular weight is 348 g/mol. The normalized spacial score (nSPS) is 12.2. The zero-order valence-electron chi connectivity index (χ0n) is 15.1. The highest BCUT2D eigenvalue weighted by Gasteiger charge is 2.21. The Morgan fingerprint density at radius 1 is 1.08 bits per heavy atom. The van der Waals surface area contributed by atoms with Crippen LogP contribution in [-0.4, -0.2) is 23.8 Å². The molecule has 0 bridgehead atoms. The fourth-order valence-electron chi connectivity index (χ4n) is 2.53. The van der Waals surface area contributed by atoms with E-state index in [1.807, 2.05) is 60.7 Å². The van der Waals surface area contributed by atoms with Crippen LogP contribution in [0.25, 0.3) is 0 Å². The molecule has 2 aromatic carbocycles. The van der Waals surface area contributed by atoms with Crippen molar-refractivity contribution in [2.45, 2.75) is 26.0 Å². The van der Waals surface area contributed by atoms with Crippen molar-refractivity contribution in [1.29, 1.82) is 0 Å². The van der Waals surface area contributed by atoms with Gasteiger partial charge in [0, 0.05) is 6.20 Å². The van der Waals surface area contributed by atoms with Crippen molar-refractivity contribution in [2.24, 2.45) is 0 Å². The van der Waals surface area contributed by atoms with Gasteiger partial charge in [-0.2, -0.15) is 0 Å². The van der Waals surface area contributed by atoms with Gasteiger partial charge >= 0.3 is 0 Å². The Balaban J connectivity index is 2.14. The number of aliphatic hydroxyl groups excluding tert-OH is 1. The van der Waals surface area contributed by atoms with E-state index in [0.717, 1.165) is 11.1 Å². The van der Waals surface area contributed by atoms with Crippen LogP contribution < -0.4 is 10.6 Å². The largest absolute Gasteiger partial charge is 0.375 e. The SMILES string of the molecule is CC#CCNC(O)/C(C)=C\NC(=O)C(c1ccccc1)c1ccccc1. The summed E-state index contributed by atoms with van der Waals surface area (Å²) < 4.78 is 0. The summed E-state index contributed by atoms with van der Waals surface area (Å²) >= 11 is 0. The molecule has 2 aromatic rings. The van der Waals surface area contributed by atoms with Crippen LogP contribution in [0.5, 0.6) is 0 Å². The maximum atomic E-state index is 12.9. The molecule has 0 heterocycles. The van der Waals surface area contributed by atoms with Crippen molar-refractivity contribution in [2.75, 3.05) is 6.54 Å². The molecule has 2 rings (SSSR count). The molecule has 0 saturated heterocycles. The van der Waals surface area contributed by atoms with Crippen molar-refractivity contribution in [1.82, 2.24) is 10.6 Å². The van der Waals surface area contributed by atoms with Crippen LogP contribution in [-0.2, 0) is 4.79 Å². The summed E-state index contributed by atoms with van der Waals surface area (Å²) in [5.41, 5.74) is 2.44. The molecule has 1 unspecified atom stereocenters. The van der Waals surface area contributed by atoms with Gasteiger partial charge in [0.2, 0.25) is 5.91 Å². The molecule has 1 atom stereocenters. The highest BCUT2D eigenvalue weighted by Crippen LogP contribution is 2.24. The van der Waals surface area contributed by atoms with E-state index >= 15 is 0 Å². The van der Waals surface area contributed by atoms with Gasteiger partial charge in [-0.05, 0) is 30.5 Å². The fourth-order valence-corrected chi connectivity index (χ4v) is 2.53. The number of nitrogens with one attached hydrogen (secondary N) is 2. The summed E-state index contributed by atoms with van der Waals surface area (Å²) in [5, 5.41) is 15.7. The number of rotatable bonds is 7. The van der Waals surface area contributed by atoms with E-state index in [1.165, 1.54) is 6.20 Å². The Bertz CT molecular complexity index is 750. The van der Waals surface area contributed by atoms with E-state index in [9.17, 15) is 9.90 Å². The summed E-state index contributed by atoms with van der Waals surface area (Å²) in [5.74, 6) is 5.01. The van der Waals surface area contributed by atoms with Gasteiger partial charge in [0.1, 0.15) is 6.23 Å². The fraction of sp³-hybridized carbons (Fsp3) is 0.227. The number of amides is 1. The minimum atomic E-state index is -0.858. The van der Waals surface area contributed by atoms with Gasteiger partial charge in [0.05, 0.1) is 12.5 Å². The first kappa shape index (κ1) is 19.5. The summed E-state index contributed by atoms with van der Waals surface area (Å²) in [6.07, 6.45) is 0.682. The van der Waals surface area contributed by atoms with E-state index in [2.05, 4.69) is 22.5 Å². The van der Waals surface area contributed by atoms with E-state index in [1.54, 1.807) is 13.8 Å². The van der Waals surface area contributed by atoms with Crippen LogP contribution in [0.1, 0.15) is 30.9 Å². The third-order valence-corrected chi connectivity index (χ3v) is 3.96. The van der Waals surface area contributed by atoms with Crippen LogP contribution in [0.4, 0.5) is 0 Å². The Labute approximate surface area is 155 Å². The van der Waals surface area contributed by atoms with Crippen molar-refractivity contribution >= 4 is 5.91 Å². The Hall–Kier alpha value is -2.87. The first-order chi connectivity index (χ1) is 12.6. The predicted molar refractivity (Wildman–Crippen MR) is 104 cm³/mol. The molecule has 1 amide bonds. The van der Waals surface area contributed by atoms with Gasteiger partial charge in [0.15, 0.2) is 0 Å². The third-order valence-electron chi connectivity index (χ3n) is 3.96. The molecule has 0 aliphatic carbocycles. The van der Waals surface area contributed by atoms with E-state index in [4.69, 9.17) is 0 Å². The maximum absolute atomic E-state index is 12.9. The van der Waals surface area contributed by atoms with Crippen molar-refractivity contribution < 1.29 is 9.90 Å². The minimum absolute atomic E-state index is 0.151. The predicted octanol–water partition coefficient (Wildman–Crippen LogP) is 2.77. The lowest BCUT2D eigenvalue weighted by Gasteiger charge is -2.18. The second-order valence-electron chi connectivity index (χ2n) is 5.86. The molecule has 4 nitrogen and oxygen atoms in total. The first-order valence-electron chi connectivity index (χ1n) is 8.51. The Morgan fingerprint density at radius 3 is 2.12 bits per heavy atom. The summed E-state index contributed by atoms with van der Waals surface area (Å²) in [4.78, 5) is 12.9. The standard InChI is InChI=1S/C22H24N2O2/c1-3-4-15-23-21(25)17(2)16-24-22(26)20(18-11-7-5-8-12-18)19-13-9-6-10-14-19/h5-14,16,20-21,23,25H,15H2,1-2H3,(H,24,26)/b17-16-. The van der Waals surface area contributed by atoms with Crippen LogP contribution in [0.3, 0.4) is 0 Å². The minimum Gasteiger partial charge on any atom is -0.375 e. The molecule has 0 radical (unpaired) electrons. The molecular formula is C22H24N2O2. The number of carbonyl (C=O) groups excluding carboxylic acids is 1. The van der Waals surface area contributed by atoms with Crippen molar-refractivity contribution in [3.8, 4) is 11.8 Å². The second kappa shape index (κ2) is 10.2. The van der Waals surface area contributed by atoms with Gasteiger partial charge in [-0.3, -0.25) is 10.1 Å². The van der Waals surface area contributed by atoms with Gasteiger partial charge < -0.3 is 10.4 Å². The number of hydrogen-bond donors (Lipinski definition) is 3. The lowest BCUT2D eigenvalue weighted by atomic mass is 9.90. The van der Waals surface area contributed by atoms with Crippen LogP contribution >= 0.6 is 0 Å². The molecule has 0 spiro atoms. The monoisotopic (exact) mass is 348 g/mol. The quantitative estimate of drug-likeness (QED) is 0.533. The van der Waals surface area contributed by atoms with Gasteiger partial charge in [-0.15, -0.1) is 5.92 Å². The zero-order valence-corrected chi connectivity index (χ0v) is 15.1. The van der Waals surface area contributed by atoms with E-state index < -0.39 is 12.1 Å². The molecule has 3 N–H and O–H groups in total. The summed E-state index contributed by atoms with van der Waals surface area (Å²) in [6, 6.07) is 19.3.